The van der Waals surface area contributed by atoms with Crippen LogP contribution >= 0.6 is 50.2 Å². The first-order valence-corrected chi connectivity index (χ1v) is 27.2. The van der Waals surface area contributed by atoms with Crippen molar-refractivity contribution in [3.05, 3.63) is 142 Å². The van der Waals surface area contributed by atoms with E-state index in [1.807, 2.05) is 0 Å². The summed E-state index contributed by atoms with van der Waals surface area (Å²) in [6.45, 7) is 4.70. The summed E-state index contributed by atoms with van der Waals surface area (Å²) in [5.74, 6) is -2.53. The molecule has 472 valence electrons. The molecule has 9 amide bonds. The molecular weight excluding hydrogens is 1220 g/mol. The fraction of sp³-hybridized carbons (Fsp3) is 0.351. The lowest BCUT2D eigenvalue weighted by Crippen LogP contribution is -2.46. The zero-order valence-corrected chi connectivity index (χ0v) is 51.6. The number of ether oxygens (including phenoxy) is 3. The first-order valence-electron chi connectivity index (χ1n) is 26.4. The molecular formula is C57H70Cl2F4N12O10S2. The van der Waals surface area contributed by atoms with Crippen molar-refractivity contribution in [2.75, 3.05) is 64.1 Å². The topological polar surface area (TPSA) is 290 Å². The van der Waals surface area contributed by atoms with E-state index in [1.54, 1.807) is 45.0 Å². The van der Waals surface area contributed by atoms with Gasteiger partial charge in [0.05, 0.1) is 35.2 Å². The van der Waals surface area contributed by atoms with Crippen molar-refractivity contribution in [2.45, 2.75) is 77.2 Å². The SMILES string of the molecule is CN(C(=O)NCc1cccc(F)c1Cl)[C@@H](CCCNC(=O)CN)COC(=O)Nc1cc2cc(F)ccc2cn1.CN(C(=O)NCc1cccc(F)c1Cl)[C@@H](CCCNC(=O)CNC(=O)OC(C)(C)C)COC(=O)Nc1cc2cc(F)ccc2cn1.S.S. The van der Waals surface area contributed by atoms with Gasteiger partial charge in [0, 0.05) is 63.4 Å². The number of urea groups is 2. The van der Waals surface area contributed by atoms with Gasteiger partial charge in [0.1, 0.15) is 53.7 Å². The Morgan fingerprint density at radius 1 is 0.575 bits per heavy atom. The highest BCUT2D eigenvalue weighted by Crippen LogP contribution is 2.23. The number of aromatic nitrogens is 2. The van der Waals surface area contributed by atoms with Gasteiger partial charge in [0.25, 0.3) is 0 Å². The van der Waals surface area contributed by atoms with Gasteiger partial charge in [-0.05, 0) is 129 Å². The van der Waals surface area contributed by atoms with Gasteiger partial charge in [-0.3, -0.25) is 20.2 Å². The van der Waals surface area contributed by atoms with E-state index in [0.717, 1.165) is 0 Å². The van der Waals surface area contributed by atoms with Gasteiger partial charge >= 0.3 is 30.3 Å². The Kier molecular flexibility index (Phi) is 30.4. The minimum Gasteiger partial charge on any atom is -0.447 e. The molecule has 0 saturated heterocycles. The smallest absolute Gasteiger partial charge is 0.412 e. The number of hydrogen-bond donors (Lipinski definition) is 8. The Morgan fingerprint density at radius 2 is 1.00 bits per heavy atom. The number of nitrogens with one attached hydrogen (secondary N) is 7. The van der Waals surface area contributed by atoms with Crippen LogP contribution in [0.2, 0.25) is 10.0 Å². The fourth-order valence-corrected chi connectivity index (χ4v) is 8.17. The first-order chi connectivity index (χ1) is 40.4. The summed E-state index contributed by atoms with van der Waals surface area (Å²) >= 11 is 12.0. The monoisotopic (exact) mass is 1290 g/mol. The Hall–Kier alpha value is -8.05. The first kappa shape index (κ1) is 73.2. The third kappa shape index (κ3) is 25.1. The molecule has 4 aromatic carbocycles. The summed E-state index contributed by atoms with van der Waals surface area (Å²) in [7, 11) is 3.02. The molecule has 6 aromatic rings. The lowest BCUT2D eigenvalue weighted by atomic mass is 10.1. The van der Waals surface area contributed by atoms with Crippen molar-refractivity contribution in [1.29, 1.82) is 0 Å². The molecule has 22 nitrogen and oxygen atoms in total. The third-order valence-corrected chi connectivity index (χ3v) is 13.2. The molecule has 0 aliphatic rings. The van der Waals surface area contributed by atoms with E-state index in [0.29, 0.717) is 64.9 Å². The predicted octanol–water partition coefficient (Wildman–Crippen LogP) is 9.35. The standard InChI is InChI=1S/C31H37ClF2N6O6.C26H29ClF2N6O4.2H2S/c1-31(2,3)46-29(43)38-17-26(41)35-12-6-8-23(40(4)28(42)37-16-20-7-5-9-24(34)27(20)32)18-45-30(44)39-25-14-21-13-22(33)11-10-19(21)15-36-25;1-35(25(37)33-14-17-4-2-6-21(29)24(17)27)20(5-3-9-31-23(36)12-30)15-39-26(38)34-22-11-18-10-19(28)8-7-16(18)13-32-22;;/h5,7,9-11,13-15,23H,6,8,12,16-18H2,1-4H3,(H,35,41)(H,37,42)(H,38,43)(H,36,39,44);2,4,6-8,10-11,13,20H,3,5,9,12,14-15,30H2,1H3,(H,31,36)(H,33,37)(H,32,34,38);2*1H2/t23-;20-;;/m00../s1. The quantitative estimate of drug-likeness (QED) is 0.0169. The van der Waals surface area contributed by atoms with E-state index in [4.69, 9.17) is 43.1 Å². The summed E-state index contributed by atoms with van der Waals surface area (Å²) in [5, 5.41) is 20.2. The van der Waals surface area contributed by atoms with Gasteiger partial charge < -0.3 is 56.3 Å². The van der Waals surface area contributed by atoms with Crippen molar-refractivity contribution in [3.8, 4) is 0 Å². The largest absolute Gasteiger partial charge is 0.447 e. The molecule has 6 rings (SSSR count). The highest BCUT2D eigenvalue weighted by atomic mass is 35.5. The molecule has 0 unspecified atom stereocenters. The number of fused-ring (bicyclic) bond motifs is 2. The number of carbonyl (C=O) groups excluding carboxylic acids is 7. The maximum absolute atomic E-state index is 13.8. The minimum absolute atomic E-state index is 0. The lowest BCUT2D eigenvalue weighted by molar-refractivity contribution is -0.120. The van der Waals surface area contributed by atoms with E-state index in [9.17, 15) is 51.1 Å². The summed E-state index contributed by atoms with van der Waals surface area (Å²) < 4.78 is 70.5. The summed E-state index contributed by atoms with van der Waals surface area (Å²) in [6, 6.07) is 17.6. The number of nitrogens with two attached hydrogens (primary N) is 1. The van der Waals surface area contributed by atoms with Crippen molar-refractivity contribution in [1.82, 2.24) is 46.4 Å². The number of halogens is 6. The third-order valence-electron chi connectivity index (χ3n) is 12.4. The molecule has 0 radical (unpaired) electrons. The zero-order chi connectivity index (χ0) is 62.2. The number of likely N-dealkylation sites (N-methyl/N-ethyl adjacent to an activating group) is 2. The van der Waals surface area contributed by atoms with Crippen LogP contribution in [-0.2, 0) is 36.9 Å². The van der Waals surface area contributed by atoms with E-state index < -0.39 is 77.2 Å². The zero-order valence-electron chi connectivity index (χ0n) is 48.1. The molecule has 0 fully saturated rings. The lowest BCUT2D eigenvalue weighted by Gasteiger charge is -2.28. The van der Waals surface area contributed by atoms with Crippen LogP contribution in [0.4, 0.5) is 53.2 Å². The Labute approximate surface area is 523 Å². The number of rotatable bonds is 23. The second-order valence-electron chi connectivity index (χ2n) is 19.9. The predicted molar refractivity (Wildman–Crippen MR) is 332 cm³/mol. The van der Waals surface area contributed by atoms with Gasteiger partial charge in [-0.1, -0.05) is 47.5 Å². The Bertz CT molecular complexity index is 3320. The van der Waals surface area contributed by atoms with E-state index in [1.165, 1.54) is 97.0 Å². The van der Waals surface area contributed by atoms with Crippen LogP contribution < -0.4 is 43.0 Å². The average Bonchev–Trinajstić information content (AvgIpc) is 2.60. The van der Waals surface area contributed by atoms with Crippen molar-refractivity contribution >= 4 is 126 Å². The van der Waals surface area contributed by atoms with Gasteiger partial charge in [0.2, 0.25) is 11.8 Å². The summed E-state index contributed by atoms with van der Waals surface area (Å²) in [5.41, 5.74) is 5.36. The molecule has 0 spiro atoms. The second kappa shape index (κ2) is 36.2. The molecule has 30 heteroatoms. The van der Waals surface area contributed by atoms with Crippen molar-refractivity contribution < 1.29 is 65.3 Å². The van der Waals surface area contributed by atoms with Gasteiger partial charge in [-0.15, -0.1) is 0 Å². The number of anilines is 2. The Morgan fingerprint density at radius 3 is 1.41 bits per heavy atom. The number of pyridine rings is 2. The van der Waals surface area contributed by atoms with Crippen LogP contribution in [0.25, 0.3) is 21.5 Å². The highest BCUT2D eigenvalue weighted by molar-refractivity contribution is 7.59. The number of hydrogen-bond acceptors (Lipinski definition) is 13. The molecule has 0 bridgehead atoms. The van der Waals surface area contributed by atoms with Gasteiger partial charge in [-0.25, -0.2) is 51.5 Å². The molecule has 2 heterocycles. The van der Waals surface area contributed by atoms with Gasteiger partial charge in [-0.2, -0.15) is 27.0 Å². The fourth-order valence-electron chi connectivity index (χ4n) is 7.79. The van der Waals surface area contributed by atoms with Crippen LogP contribution in [0.5, 0.6) is 0 Å². The van der Waals surface area contributed by atoms with E-state index in [2.05, 4.69) is 47.2 Å². The van der Waals surface area contributed by atoms with Gasteiger partial charge in [0.15, 0.2) is 0 Å². The van der Waals surface area contributed by atoms with Crippen LogP contribution in [0, 0.1) is 23.3 Å². The van der Waals surface area contributed by atoms with Crippen molar-refractivity contribution in [2.24, 2.45) is 5.73 Å². The molecule has 0 saturated carbocycles. The van der Waals surface area contributed by atoms with Crippen LogP contribution in [0.15, 0.2) is 97.3 Å². The number of benzene rings is 4. The normalized spacial score (nSPS) is 11.4. The van der Waals surface area contributed by atoms with Crippen LogP contribution in [-0.4, -0.2) is 133 Å². The maximum Gasteiger partial charge on any atom is 0.412 e. The number of amides is 9. The molecule has 2 aromatic heterocycles. The van der Waals surface area contributed by atoms with E-state index >= 15 is 0 Å². The summed E-state index contributed by atoms with van der Waals surface area (Å²) in [6.07, 6.45) is 2.08. The number of nitrogens with zero attached hydrogens (tertiary/aromatic N) is 4. The Balaban J connectivity index is 0.000000451. The molecule has 2 atom stereocenters. The second-order valence-corrected chi connectivity index (χ2v) is 20.6. The molecule has 9 N–H and O–H groups in total. The minimum atomic E-state index is -0.852. The van der Waals surface area contributed by atoms with Crippen LogP contribution in [0.3, 0.4) is 0 Å². The highest BCUT2D eigenvalue weighted by Gasteiger charge is 2.25. The molecule has 0 aliphatic heterocycles. The average molecular weight is 1290 g/mol. The van der Waals surface area contributed by atoms with Crippen LogP contribution in [0.1, 0.15) is 57.6 Å². The number of carbonyl (C=O) groups is 7. The van der Waals surface area contributed by atoms with Crippen molar-refractivity contribution in [3.63, 3.8) is 0 Å². The molecule has 87 heavy (non-hydrogen) atoms. The summed E-state index contributed by atoms with van der Waals surface area (Å²) in [4.78, 5) is 97.1. The number of alkyl carbamates (subject to hydrolysis) is 1. The van der Waals surface area contributed by atoms with E-state index in [-0.39, 0.29) is 101 Å². The maximum atomic E-state index is 13.8. The molecule has 0 aliphatic carbocycles.